The molecule has 0 aliphatic rings. The van der Waals surface area contributed by atoms with Gasteiger partial charge in [-0.3, -0.25) is 0 Å². The Morgan fingerprint density at radius 2 is 1.95 bits per heavy atom. The maximum Gasteiger partial charge on any atom is 0.0645 e. The molecule has 0 spiro atoms. The van der Waals surface area contributed by atoms with Crippen LogP contribution in [0.15, 0.2) is 34.8 Å². The van der Waals surface area contributed by atoms with Crippen LogP contribution >= 0.6 is 15.9 Å². The first-order valence-electron chi connectivity index (χ1n) is 7.22. The van der Waals surface area contributed by atoms with Crippen LogP contribution in [0.2, 0.25) is 0 Å². The molecule has 0 atom stereocenters. The Balaban J connectivity index is 2.73. The number of hydrogen-bond acceptors (Lipinski definition) is 1. The van der Waals surface area contributed by atoms with Crippen molar-refractivity contribution >= 4 is 21.5 Å². The van der Waals surface area contributed by atoms with Gasteiger partial charge in [0.15, 0.2) is 0 Å². The molecule has 1 aromatic carbocycles. The second-order valence-electron chi connectivity index (χ2n) is 5.06. The fourth-order valence-electron chi connectivity index (χ4n) is 2.27. The van der Waals surface area contributed by atoms with Crippen LogP contribution in [-0.4, -0.2) is 10.7 Å². The summed E-state index contributed by atoms with van der Waals surface area (Å²) < 4.78 is 1.11. The number of rotatable bonds is 7. The van der Waals surface area contributed by atoms with Gasteiger partial charge in [0, 0.05) is 4.47 Å². The number of aliphatic hydroxyl groups is 1. The number of hydrogen-bond donors (Lipinski definition) is 1. The molecule has 0 fully saturated rings. The predicted octanol–water partition coefficient (Wildman–Crippen LogP) is 5.57. The van der Waals surface area contributed by atoms with E-state index in [1.165, 1.54) is 11.1 Å². The second kappa shape index (κ2) is 7.86. The number of halogens is 1. The van der Waals surface area contributed by atoms with Crippen molar-refractivity contribution in [3.8, 4) is 0 Å². The summed E-state index contributed by atoms with van der Waals surface area (Å²) in [6.45, 7) is 6.29. The third-order valence-electron chi connectivity index (χ3n) is 3.89. The Morgan fingerprint density at radius 3 is 2.47 bits per heavy atom. The first-order chi connectivity index (χ1) is 9.04. The van der Waals surface area contributed by atoms with Gasteiger partial charge in [0.2, 0.25) is 0 Å². The monoisotopic (exact) mass is 324 g/mol. The molecule has 0 unspecified atom stereocenters. The molecule has 0 radical (unpaired) electrons. The lowest BCUT2D eigenvalue weighted by atomic mass is 9.91. The van der Waals surface area contributed by atoms with Crippen molar-refractivity contribution in [1.29, 1.82) is 0 Å². The average molecular weight is 325 g/mol. The van der Waals surface area contributed by atoms with Crippen LogP contribution < -0.4 is 0 Å². The molecule has 0 saturated heterocycles. The van der Waals surface area contributed by atoms with Gasteiger partial charge in [-0.2, -0.15) is 0 Å². The Morgan fingerprint density at radius 1 is 1.26 bits per heavy atom. The normalized spacial score (nSPS) is 12.8. The Kier molecular flexibility index (Phi) is 6.81. The summed E-state index contributed by atoms with van der Waals surface area (Å²) in [5, 5.41) is 10.3. The molecule has 1 N–H and O–H groups in total. The summed E-state index contributed by atoms with van der Waals surface area (Å²) in [6, 6.07) is 8.41. The van der Waals surface area contributed by atoms with E-state index in [0.29, 0.717) is 0 Å². The molecule has 0 aromatic heterocycles. The highest BCUT2D eigenvalue weighted by Gasteiger charge is 2.20. The molecule has 0 saturated carbocycles. The van der Waals surface area contributed by atoms with Crippen molar-refractivity contribution in [1.82, 2.24) is 0 Å². The van der Waals surface area contributed by atoms with Crippen LogP contribution in [0.5, 0.6) is 0 Å². The van der Waals surface area contributed by atoms with E-state index < -0.39 is 5.60 Å². The Bertz CT molecular complexity index is 419. The summed E-state index contributed by atoms with van der Waals surface area (Å²) in [7, 11) is 0. The average Bonchev–Trinajstić information content (AvgIpc) is 2.43. The largest absolute Gasteiger partial charge is 0.390 e. The molecule has 2 heteroatoms. The van der Waals surface area contributed by atoms with Gasteiger partial charge in [-0.15, -0.1) is 0 Å². The summed E-state index contributed by atoms with van der Waals surface area (Å²) in [5.41, 5.74) is 2.14. The molecule has 106 valence electrons. The van der Waals surface area contributed by atoms with Crippen molar-refractivity contribution < 1.29 is 5.11 Å². The summed E-state index contributed by atoms with van der Waals surface area (Å²) in [5.74, 6) is 0. The van der Waals surface area contributed by atoms with Crippen molar-refractivity contribution in [2.24, 2.45) is 0 Å². The quantitative estimate of drug-likeness (QED) is 0.694. The zero-order valence-corrected chi connectivity index (χ0v) is 13.8. The van der Waals surface area contributed by atoms with E-state index in [9.17, 15) is 5.11 Å². The van der Waals surface area contributed by atoms with Crippen molar-refractivity contribution in [2.75, 3.05) is 0 Å². The molecule has 0 aliphatic heterocycles. The van der Waals surface area contributed by atoms with Gasteiger partial charge in [-0.05, 0) is 55.4 Å². The lowest BCUT2D eigenvalue weighted by Gasteiger charge is -2.24. The van der Waals surface area contributed by atoms with Gasteiger partial charge in [0.05, 0.1) is 5.60 Å². The van der Waals surface area contributed by atoms with E-state index in [1.54, 1.807) is 0 Å². The van der Waals surface area contributed by atoms with Crippen LogP contribution in [-0.2, 0) is 0 Å². The van der Waals surface area contributed by atoms with Crippen molar-refractivity contribution in [2.45, 2.75) is 58.5 Å². The predicted molar refractivity (Wildman–Crippen MR) is 87.2 cm³/mol. The summed E-state index contributed by atoms with van der Waals surface area (Å²) in [6.07, 6.45) is 6.74. The van der Waals surface area contributed by atoms with Crippen molar-refractivity contribution in [3.63, 3.8) is 0 Å². The van der Waals surface area contributed by atoms with Crippen LogP contribution in [0.4, 0.5) is 0 Å². The van der Waals surface area contributed by atoms with Gasteiger partial charge in [0.25, 0.3) is 0 Å². The van der Waals surface area contributed by atoms with Gasteiger partial charge < -0.3 is 5.11 Å². The van der Waals surface area contributed by atoms with Crippen LogP contribution in [0.25, 0.3) is 5.57 Å². The maximum atomic E-state index is 10.3. The molecule has 1 rings (SSSR count). The second-order valence-corrected chi connectivity index (χ2v) is 5.98. The third kappa shape index (κ3) is 5.12. The van der Waals surface area contributed by atoms with E-state index >= 15 is 0 Å². The fraction of sp³-hybridized carbons (Fsp3) is 0.529. The van der Waals surface area contributed by atoms with Crippen LogP contribution in [0.1, 0.15) is 58.4 Å². The summed E-state index contributed by atoms with van der Waals surface area (Å²) >= 11 is 3.51. The molecular weight excluding hydrogens is 300 g/mol. The smallest absolute Gasteiger partial charge is 0.0645 e. The Labute approximate surface area is 125 Å². The van der Waals surface area contributed by atoms with Crippen LogP contribution in [0, 0.1) is 0 Å². The van der Waals surface area contributed by atoms with Gasteiger partial charge in [-0.1, -0.05) is 54.9 Å². The van der Waals surface area contributed by atoms with E-state index in [-0.39, 0.29) is 0 Å². The molecule has 0 bridgehead atoms. The number of allylic oxidation sites excluding steroid dienone is 2. The zero-order chi connectivity index (χ0) is 14.3. The molecule has 0 aliphatic carbocycles. The highest BCUT2D eigenvalue weighted by Crippen LogP contribution is 2.25. The van der Waals surface area contributed by atoms with E-state index in [2.05, 4.69) is 61.0 Å². The lowest BCUT2D eigenvalue weighted by Crippen LogP contribution is -2.25. The van der Waals surface area contributed by atoms with E-state index in [4.69, 9.17) is 0 Å². The maximum absolute atomic E-state index is 10.3. The minimum absolute atomic E-state index is 0.493. The standard InChI is InChI=1S/C17H25BrO/c1-4-14(15-9-7-11-16(18)13-15)10-8-12-17(19,5-2)6-3/h7,9-11,13,19H,4-6,8,12H2,1-3H3. The highest BCUT2D eigenvalue weighted by atomic mass is 79.9. The first-order valence-corrected chi connectivity index (χ1v) is 8.01. The molecular formula is C17H25BrO. The molecule has 1 aromatic rings. The number of benzene rings is 1. The molecule has 0 heterocycles. The SMILES string of the molecule is CCC(=CCCC(O)(CC)CC)c1cccc(Br)c1. The van der Waals surface area contributed by atoms with E-state index in [0.717, 1.165) is 36.6 Å². The molecule has 1 nitrogen and oxygen atoms in total. The fourth-order valence-corrected chi connectivity index (χ4v) is 2.67. The minimum atomic E-state index is -0.493. The van der Waals surface area contributed by atoms with Crippen molar-refractivity contribution in [3.05, 3.63) is 40.4 Å². The summed E-state index contributed by atoms with van der Waals surface area (Å²) in [4.78, 5) is 0. The zero-order valence-electron chi connectivity index (χ0n) is 12.2. The van der Waals surface area contributed by atoms with Gasteiger partial charge in [-0.25, -0.2) is 0 Å². The topological polar surface area (TPSA) is 20.2 Å². The molecule has 19 heavy (non-hydrogen) atoms. The first kappa shape index (κ1) is 16.5. The Hall–Kier alpha value is -0.600. The third-order valence-corrected chi connectivity index (χ3v) is 4.39. The van der Waals surface area contributed by atoms with Gasteiger partial charge in [0.1, 0.15) is 0 Å². The minimum Gasteiger partial charge on any atom is -0.390 e. The van der Waals surface area contributed by atoms with Gasteiger partial charge >= 0.3 is 0 Å². The highest BCUT2D eigenvalue weighted by molar-refractivity contribution is 9.10. The lowest BCUT2D eigenvalue weighted by molar-refractivity contribution is 0.0246. The molecule has 0 amide bonds. The van der Waals surface area contributed by atoms with Crippen LogP contribution in [0.3, 0.4) is 0 Å². The van der Waals surface area contributed by atoms with E-state index in [1.807, 2.05) is 6.07 Å².